The second kappa shape index (κ2) is 5.25. The first-order chi connectivity index (χ1) is 7.97. The summed E-state index contributed by atoms with van der Waals surface area (Å²) in [6.45, 7) is 0.144. The van der Waals surface area contributed by atoms with E-state index in [0.717, 1.165) is 17.0 Å². The average Bonchev–Trinajstić information content (AvgIpc) is 2.29. The van der Waals surface area contributed by atoms with E-state index in [1.807, 2.05) is 6.07 Å². The lowest BCUT2D eigenvalue weighted by atomic mass is 10.1. The van der Waals surface area contributed by atoms with Gasteiger partial charge in [0.05, 0.1) is 23.7 Å². The summed E-state index contributed by atoms with van der Waals surface area (Å²) in [6, 6.07) is 3.45. The quantitative estimate of drug-likeness (QED) is 0.813. The first kappa shape index (κ1) is 12.9. The Kier molecular flexibility index (Phi) is 3.99. The minimum atomic E-state index is -0.944. The standard InChI is InChI=1S/C11H11F2N3O/c1-16(4-2-3-14)11(17)8-5-7(12)6-9(15)10(8)13/h5-6H,2,4,15H2,1H3. The number of nitrogen functional groups attached to an aromatic ring is 1. The maximum atomic E-state index is 13.5. The molecule has 1 aromatic rings. The Morgan fingerprint density at radius 1 is 1.53 bits per heavy atom. The van der Waals surface area contributed by atoms with Gasteiger partial charge in [-0.1, -0.05) is 0 Å². The molecule has 0 aromatic heterocycles. The van der Waals surface area contributed by atoms with Gasteiger partial charge in [-0.15, -0.1) is 0 Å². The zero-order valence-corrected chi connectivity index (χ0v) is 9.20. The van der Waals surface area contributed by atoms with Gasteiger partial charge in [0.1, 0.15) is 5.82 Å². The summed E-state index contributed by atoms with van der Waals surface area (Å²) in [5, 5.41) is 8.37. The number of benzene rings is 1. The van der Waals surface area contributed by atoms with E-state index < -0.39 is 28.8 Å². The van der Waals surface area contributed by atoms with Crippen LogP contribution in [0.3, 0.4) is 0 Å². The third-order valence-corrected chi connectivity index (χ3v) is 2.20. The molecule has 1 aromatic carbocycles. The molecule has 0 fully saturated rings. The van der Waals surface area contributed by atoms with Crippen LogP contribution >= 0.6 is 0 Å². The Labute approximate surface area is 97.2 Å². The van der Waals surface area contributed by atoms with Crippen molar-refractivity contribution in [3.8, 4) is 6.07 Å². The number of halogens is 2. The van der Waals surface area contributed by atoms with Crippen LogP contribution < -0.4 is 5.73 Å². The zero-order valence-electron chi connectivity index (χ0n) is 9.20. The van der Waals surface area contributed by atoms with Crippen molar-refractivity contribution in [1.82, 2.24) is 4.90 Å². The van der Waals surface area contributed by atoms with E-state index in [-0.39, 0.29) is 13.0 Å². The van der Waals surface area contributed by atoms with Gasteiger partial charge >= 0.3 is 0 Å². The Bertz CT molecular complexity index is 482. The van der Waals surface area contributed by atoms with Gasteiger partial charge in [-0.05, 0) is 12.1 Å². The van der Waals surface area contributed by atoms with Crippen LogP contribution in [0.15, 0.2) is 12.1 Å². The van der Waals surface area contributed by atoms with Gasteiger partial charge in [0.25, 0.3) is 5.91 Å². The fourth-order valence-electron chi connectivity index (χ4n) is 1.29. The van der Waals surface area contributed by atoms with Gasteiger partial charge in [-0.2, -0.15) is 5.26 Å². The lowest BCUT2D eigenvalue weighted by Crippen LogP contribution is -2.28. The topological polar surface area (TPSA) is 70.1 Å². The van der Waals surface area contributed by atoms with Crippen molar-refractivity contribution in [2.45, 2.75) is 6.42 Å². The predicted octanol–water partition coefficient (Wildman–Crippen LogP) is 1.53. The molecule has 0 bridgehead atoms. The van der Waals surface area contributed by atoms with E-state index in [2.05, 4.69) is 0 Å². The van der Waals surface area contributed by atoms with Crippen molar-refractivity contribution >= 4 is 11.6 Å². The molecule has 0 aliphatic rings. The number of amides is 1. The van der Waals surface area contributed by atoms with Crippen LogP contribution in [0.5, 0.6) is 0 Å². The third-order valence-electron chi connectivity index (χ3n) is 2.20. The van der Waals surface area contributed by atoms with Gasteiger partial charge in [-0.3, -0.25) is 4.79 Å². The van der Waals surface area contributed by atoms with Gasteiger partial charge in [0.15, 0.2) is 5.82 Å². The molecule has 0 spiro atoms. The molecule has 0 aliphatic heterocycles. The van der Waals surface area contributed by atoms with Gasteiger partial charge < -0.3 is 10.6 Å². The van der Waals surface area contributed by atoms with Crippen LogP contribution in [0.4, 0.5) is 14.5 Å². The molecule has 90 valence electrons. The van der Waals surface area contributed by atoms with Crippen LogP contribution in [0.2, 0.25) is 0 Å². The highest BCUT2D eigenvalue weighted by molar-refractivity contribution is 5.95. The average molecular weight is 239 g/mol. The van der Waals surface area contributed by atoms with E-state index in [1.54, 1.807) is 0 Å². The number of nitrogens with zero attached hydrogens (tertiary/aromatic N) is 2. The summed E-state index contributed by atoms with van der Waals surface area (Å²) in [4.78, 5) is 12.9. The molecule has 0 saturated carbocycles. The highest BCUT2D eigenvalue weighted by atomic mass is 19.1. The minimum Gasteiger partial charge on any atom is -0.396 e. The first-order valence-corrected chi connectivity index (χ1v) is 4.84. The molecule has 0 unspecified atom stereocenters. The Morgan fingerprint density at radius 2 is 2.18 bits per heavy atom. The molecule has 1 rings (SSSR count). The first-order valence-electron chi connectivity index (χ1n) is 4.84. The third kappa shape index (κ3) is 2.91. The molecule has 0 aliphatic carbocycles. The summed E-state index contributed by atoms with van der Waals surface area (Å²) in [6.07, 6.45) is 0.120. The van der Waals surface area contributed by atoms with Crippen molar-refractivity contribution in [3.05, 3.63) is 29.3 Å². The van der Waals surface area contributed by atoms with Gasteiger partial charge in [0, 0.05) is 13.6 Å². The molecule has 1 amide bonds. The Hall–Kier alpha value is -2.16. The number of carbonyl (C=O) groups excluding carboxylic acids is 1. The second-order valence-electron chi connectivity index (χ2n) is 3.49. The Morgan fingerprint density at radius 3 is 2.76 bits per heavy atom. The smallest absolute Gasteiger partial charge is 0.256 e. The number of anilines is 1. The van der Waals surface area contributed by atoms with E-state index in [0.29, 0.717) is 0 Å². The van der Waals surface area contributed by atoms with E-state index in [1.165, 1.54) is 7.05 Å². The molecule has 0 saturated heterocycles. The highest BCUT2D eigenvalue weighted by Gasteiger charge is 2.19. The molecular formula is C11H11F2N3O. The van der Waals surface area contributed by atoms with Crippen LogP contribution in [-0.2, 0) is 0 Å². The predicted molar refractivity (Wildman–Crippen MR) is 58.0 cm³/mol. The van der Waals surface area contributed by atoms with Crippen LogP contribution in [0.1, 0.15) is 16.8 Å². The highest BCUT2D eigenvalue weighted by Crippen LogP contribution is 2.18. The van der Waals surface area contributed by atoms with Crippen molar-refractivity contribution in [3.63, 3.8) is 0 Å². The molecular weight excluding hydrogens is 228 g/mol. The SMILES string of the molecule is CN(CCC#N)C(=O)c1cc(F)cc(N)c1F. The monoisotopic (exact) mass is 239 g/mol. The number of nitrogens with two attached hydrogens (primary N) is 1. The van der Waals surface area contributed by atoms with Gasteiger partial charge in [0.2, 0.25) is 0 Å². The summed E-state index contributed by atoms with van der Waals surface area (Å²) in [5.41, 5.74) is 4.38. The van der Waals surface area contributed by atoms with Crippen LogP contribution in [0.25, 0.3) is 0 Å². The molecule has 17 heavy (non-hydrogen) atoms. The Balaban J connectivity index is 3.00. The van der Waals surface area contributed by atoms with Crippen molar-refractivity contribution in [1.29, 1.82) is 5.26 Å². The molecule has 0 heterocycles. The number of rotatable bonds is 3. The minimum absolute atomic E-state index is 0.120. The van der Waals surface area contributed by atoms with E-state index in [4.69, 9.17) is 11.0 Å². The van der Waals surface area contributed by atoms with Gasteiger partial charge in [-0.25, -0.2) is 8.78 Å². The number of hydrogen-bond acceptors (Lipinski definition) is 3. The normalized spacial score (nSPS) is 9.76. The summed E-state index contributed by atoms with van der Waals surface area (Å²) < 4.78 is 26.5. The molecule has 0 atom stereocenters. The largest absolute Gasteiger partial charge is 0.396 e. The molecule has 4 nitrogen and oxygen atoms in total. The fourth-order valence-corrected chi connectivity index (χ4v) is 1.29. The number of nitriles is 1. The maximum absolute atomic E-state index is 13.5. The zero-order chi connectivity index (χ0) is 13.0. The van der Waals surface area contributed by atoms with E-state index >= 15 is 0 Å². The van der Waals surface area contributed by atoms with Crippen molar-refractivity contribution in [2.24, 2.45) is 0 Å². The fraction of sp³-hybridized carbons (Fsp3) is 0.273. The van der Waals surface area contributed by atoms with Crippen LogP contribution in [0, 0.1) is 23.0 Å². The summed E-state index contributed by atoms with van der Waals surface area (Å²) in [7, 11) is 1.40. The number of hydrogen-bond donors (Lipinski definition) is 1. The van der Waals surface area contributed by atoms with Crippen molar-refractivity contribution < 1.29 is 13.6 Å². The van der Waals surface area contributed by atoms with Crippen LogP contribution in [-0.4, -0.2) is 24.4 Å². The molecule has 2 N–H and O–H groups in total. The molecule has 6 heteroatoms. The summed E-state index contributed by atoms with van der Waals surface area (Å²) in [5.74, 6) is -2.43. The summed E-state index contributed by atoms with van der Waals surface area (Å²) >= 11 is 0. The maximum Gasteiger partial charge on any atom is 0.256 e. The lowest BCUT2D eigenvalue weighted by molar-refractivity contribution is 0.0793. The van der Waals surface area contributed by atoms with Crippen molar-refractivity contribution in [2.75, 3.05) is 19.3 Å². The van der Waals surface area contributed by atoms with E-state index in [9.17, 15) is 13.6 Å². The number of carbonyl (C=O) groups is 1. The second-order valence-corrected chi connectivity index (χ2v) is 3.49. The lowest BCUT2D eigenvalue weighted by Gasteiger charge is -2.16. The molecule has 0 radical (unpaired) electrons.